The Labute approximate surface area is 183 Å². The molecule has 0 spiro atoms. The average molecular weight is 420 g/mol. The minimum atomic E-state index is -0.425. The lowest BCUT2D eigenvalue weighted by Gasteiger charge is -2.19. The molecule has 1 unspecified atom stereocenters. The normalized spacial score (nSPS) is 11.9. The summed E-state index contributed by atoms with van der Waals surface area (Å²) in [7, 11) is 0. The van der Waals surface area contributed by atoms with Crippen LogP contribution in [0.25, 0.3) is 5.69 Å². The first-order valence-electron chi connectivity index (χ1n) is 10.5. The van der Waals surface area contributed by atoms with E-state index in [-0.39, 0.29) is 24.4 Å². The number of para-hydroxylation sites is 1. The second kappa shape index (κ2) is 10.6. The minimum Gasteiger partial charge on any atom is -0.463 e. The number of nitrogens with zero attached hydrogens (tertiary/aromatic N) is 2. The maximum Gasteiger partial charge on any atom is 0.308 e. The Balaban J connectivity index is 1.61. The van der Waals surface area contributed by atoms with Gasteiger partial charge in [-0.05, 0) is 50.5 Å². The summed E-state index contributed by atoms with van der Waals surface area (Å²) in [4.78, 5) is 24.9. The van der Waals surface area contributed by atoms with Crippen LogP contribution in [-0.4, -0.2) is 27.8 Å². The predicted octanol–water partition coefficient (Wildman–Crippen LogP) is 4.31. The SMILES string of the molecule is Cc1ccc(C(CC(=O)OC(C)C)NC(=O)CCc2cnn(-c3ccccc3)c2)cc1. The highest BCUT2D eigenvalue weighted by Crippen LogP contribution is 2.19. The molecule has 1 aromatic heterocycles. The van der Waals surface area contributed by atoms with Gasteiger partial charge in [0, 0.05) is 12.6 Å². The lowest BCUT2D eigenvalue weighted by Crippen LogP contribution is -2.31. The van der Waals surface area contributed by atoms with Crippen LogP contribution in [0, 0.1) is 6.92 Å². The van der Waals surface area contributed by atoms with Gasteiger partial charge in [0.25, 0.3) is 0 Å². The summed E-state index contributed by atoms with van der Waals surface area (Å²) in [5.74, 6) is -0.444. The van der Waals surface area contributed by atoms with Crippen LogP contribution in [0.3, 0.4) is 0 Å². The monoisotopic (exact) mass is 419 g/mol. The first kappa shape index (κ1) is 22.3. The zero-order chi connectivity index (χ0) is 22.2. The molecule has 0 saturated carbocycles. The smallest absolute Gasteiger partial charge is 0.308 e. The number of esters is 1. The number of rotatable bonds is 9. The summed E-state index contributed by atoms with van der Waals surface area (Å²) in [5, 5.41) is 7.37. The van der Waals surface area contributed by atoms with E-state index in [0.717, 1.165) is 22.4 Å². The van der Waals surface area contributed by atoms with Crippen molar-refractivity contribution in [2.24, 2.45) is 0 Å². The molecule has 6 heteroatoms. The van der Waals surface area contributed by atoms with Crippen LogP contribution in [0.5, 0.6) is 0 Å². The zero-order valence-electron chi connectivity index (χ0n) is 18.2. The Kier molecular flexibility index (Phi) is 7.60. The van der Waals surface area contributed by atoms with Gasteiger partial charge >= 0.3 is 5.97 Å². The molecule has 1 amide bonds. The highest BCUT2D eigenvalue weighted by molar-refractivity contribution is 5.78. The summed E-state index contributed by atoms with van der Waals surface area (Å²) in [6.45, 7) is 5.62. The van der Waals surface area contributed by atoms with E-state index >= 15 is 0 Å². The fraction of sp³-hybridized carbons (Fsp3) is 0.320. The van der Waals surface area contributed by atoms with Crippen molar-refractivity contribution >= 4 is 11.9 Å². The second-order valence-corrected chi connectivity index (χ2v) is 7.90. The Morgan fingerprint density at radius 2 is 1.77 bits per heavy atom. The zero-order valence-corrected chi connectivity index (χ0v) is 18.2. The average Bonchev–Trinajstić information content (AvgIpc) is 3.21. The van der Waals surface area contributed by atoms with Gasteiger partial charge in [0.2, 0.25) is 5.91 Å². The number of hydrogen-bond donors (Lipinski definition) is 1. The maximum atomic E-state index is 12.7. The van der Waals surface area contributed by atoms with Gasteiger partial charge in [-0.1, -0.05) is 48.0 Å². The van der Waals surface area contributed by atoms with Crippen molar-refractivity contribution in [1.82, 2.24) is 15.1 Å². The van der Waals surface area contributed by atoms with Gasteiger partial charge in [-0.3, -0.25) is 9.59 Å². The fourth-order valence-electron chi connectivity index (χ4n) is 3.26. The third-order valence-electron chi connectivity index (χ3n) is 4.85. The van der Waals surface area contributed by atoms with Crippen molar-refractivity contribution in [3.05, 3.63) is 83.7 Å². The first-order valence-corrected chi connectivity index (χ1v) is 10.5. The summed E-state index contributed by atoms with van der Waals surface area (Å²) in [5.41, 5.74) is 3.96. The molecule has 0 radical (unpaired) electrons. The van der Waals surface area contributed by atoms with Gasteiger partial charge in [-0.15, -0.1) is 0 Å². The van der Waals surface area contributed by atoms with E-state index in [2.05, 4.69) is 10.4 Å². The molecule has 1 N–H and O–H groups in total. The molecular formula is C25H29N3O3. The lowest BCUT2D eigenvalue weighted by atomic mass is 10.0. The Bertz CT molecular complexity index is 994. The van der Waals surface area contributed by atoms with Gasteiger partial charge in [-0.2, -0.15) is 5.10 Å². The van der Waals surface area contributed by atoms with Crippen molar-refractivity contribution in [1.29, 1.82) is 0 Å². The molecule has 162 valence electrons. The number of carbonyl (C=O) groups excluding carboxylic acids is 2. The highest BCUT2D eigenvalue weighted by Gasteiger charge is 2.20. The third-order valence-corrected chi connectivity index (χ3v) is 4.85. The quantitative estimate of drug-likeness (QED) is 0.525. The molecule has 1 atom stereocenters. The fourth-order valence-corrected chi connectivity index (χ4v) is 3.26. The van der Waals surface area contributed by atoms with Crippen LogP contribution < -0.4 is 5.32 Å². The van der Waals surface area contributed by atoms with E-state index in [4.69, 9.17) is 4.74 Å². The van der Waals surface area contributed by atoms with E-state index < -0.39 is 6.04 Å². The summed E-state index contributed by atoms with van der Waals surface area (Å²) in [6.07, 6.45) is 4.48. The minimum absolute atomic E-state index is 0.0962. The number of carbonyl (C=O) groups is 2. The number of aromatic nitrogens is 2. The molecule has 0 aliphatic carbocycles. The van der Waals surface area contributed by atoms with E-state index in [1.54, 1.807) is 10.9 Å². The van der Waals surface area contributed by atoms with Crippen molar-refractivity contribution in [3.8, 4) is 5.69 Å². The molecule has 2 aromatic carbocycles. The number of nitrogens with one attached hydrogen (secondary N) is 1. The summed E-state index contributed by atoms with van der Waals surface area (Å²) < 4.78 is 7.08. The number of ether oxygens (including phenoxy) is 1. The Morgan fingerprint density at radius 1 is 1.06 bits per heavy atom. The predicted molar refractivity (Wildman–Crippen MR) is 120 cm³/mol. The standard InChI is InChI=1S/C25H29N3O3/c1-18(2)31-25(30)15-23(21-12-9-19(3)10-13-21)27-24(29)14-11-20-16-26-28(17-20)22-7-5-4-6-8-22/h4-10,12-13,16-18,23H,11,14-15H2,1-3H3,(H,27,29). The second-order valence-electron chi connectivity index (χ2n) is 7.90. The van der Waals surface area contributed by atoms with Crippen LogP contribution >= 0.6 is 0 Å². The topological polar surface area (TPSA) is 73.2 Å². The molecule has 0 aliphatic rings. The Morgan fingerprint density at radius 3 is 2.45 bits per heavy atom. The van der Waals surface area contributed by atoms with Crippen molar-refractivity contribution in [2.45, 2.75) is 52.2 Å². The first-order chi connectivity index (χ1) is 14.9. The molecule has 6 nitrogen and oxygen atoms in total. The van der Waals surface area contributed by atoms with E-state index in [0.29, 0.717) is 12.8 Å². The molecular weight excluding hydrogens is 390 g/mol. The van der Waals surface area contributed by atoms with Crippen LogP contribution in [0.15, 0.2) is 67.0 Å². The summed E-state index contributed by atoms with van der Waals surface area (Å²) in [6, 6.07) is 17.2. The van der Waals surface area contributed by atoms with Crippen molar-refractivity contribution in [3.63, 3.8) is 0 Å². The van der Waals surface area contributed by atoms with Gasteiger partial charge in [-0.25, -0.2) is 4.68 Å². The van der Waals surface area contributed by atoms with E-state index in [9.17, 15) is 9.59 Å². The van der Waals surface area contributed by atoms with Gasteiger partial charge in [0.15, 0.2) is 0 Å². The van der Waals surface area contributed by atoms with Gasteiger partial charge in [0.1, 0.15) is 0 Å². The molecule has 0 aliphatic heterocycles. The molecule has 0 fully saturated rings. The third kappa shape index (κ3) is 6.81. The van der Waals surface area contributed by atoms with Gasteiger partial charge in [0.05, 0.1) is 30.5 Å². The van der Waals surface area contributed by atoms with Crippen LogP contribution in [0.1, 0.15) is 49.4 Å². The van der Waals surface area contributed by atoms with Crippen molar-refractivity contribution in [2.75, 3.05) is 0 Å². The van der Waals surface area contributed by atoms with E-state index in [1.807, 2.05) is 81.6 Å². The molecule has 0 saturated heterocycles. The lowest BCUT2D eigenvalue weighted by molar-refractivity contribution is -0.148. The molecule has 0 bridgehead atoms. The Hall–Kier alpha value is -3.41. The maximum absolute atomic E-state index is 12.7. The molecule has 3 rings (SSSR count). The van der Waals surface area contributed by atoms with Crippen LogP contribution in [0.2, 0.25) is 0 Å². The van der Waals surface area contributed by atoms with E-state index in [1.165, 1.54) is 0 Å². The van der Waals surface area contributed by atoms with Crippen molar-refractivity contribution < 1.29 is 14.3 Å². The number of hydrogen-bond acceptors (Lipinski definition) is 4. The van der Waals surface area contributed by atoms with Gasteiger partial charge < -0.3 is 10.1 Å². The number of amides is 1. The largest absolute Gasteiger partial charge is 0.463 e. The molecule has 3 aromatic rings. The summed E-state index contributed by atoms with van der Waals surface area (Å²) >= 11 is 0. The number of benzene rings is 2. The van der Waals surface area contributed by atoms with Crippen LogP contribution in [-0.2, 0) is 20.7 Å². The highest BCUT2D eigenvalue weighted by atomic mass is 16.5. The van der Waals surface area contributed by atoms with Crippen LogP contribution in [0.4, 0.5) is 0 Å². The number of aryl methyl sites for hydroxylation is 2. The molecule has 1 heterocycles. The molecule has 31 heavy (non-hydrogen) atoms.